The van der Waals surface area contributed by atoms with Crippen molar-refractivity contribution in [3.63, 3.8) is 0 Å². The van der Waals surface area contributed by atoms with E-state index in [4.69, 9.17) is 4.74 Å². The average molecular weight is 515 g/mol. The Balaban J connectivity index is 2.09. The second-order valence-electron chi connectivity index (χ2n) is 7.98. The van der Waals surface area contributed by atoms with E-state index in [1.54, 1.807) is 23.1 Å². The van der Waals surface area contributed by atoms with E-state index < -0.39 is 17.7 Å². The standard InChI is InChI=1S/C26H31BrN2O4/c1-5-28(6-2)14-15-29-23(18-8-11-20(27)12-9-18)22(25(31)26(29)32)24(30)19-10-13-21(33-7-3)17(4)16-19/h8-13,16,23,30H,5-7,14-15H2,1-4H3/b24-22-. The highest BCUT2D eigenvalue weighted by atomic mass is 79.9. The van der Waals surface area contributed by atoms with Crippen molar-refractivity contribution in [2.45, 2.75) is 33.7 Å². The zero-order chi connectivity index (χ0) is 24.1. The number of carbonyl (C=O) groups excluding carboxylic acids is 2. The summed E-state index contributed by atoms with van der Waals surface area (Å²) in [6.45, 7) is 11.2. The number of aliphatic hydroxyl groups excluding tert-OH is 1. The number of ether oxygens (including phenoxy) is 1. The van der Waals surface area contributed by atoms with Crippen LogP contribution in [-0.2, 0) is 9.59 Å². The van der Waals surface area contributed by atoms with Gasteiger partial charge >= 0.3 is 0 Å². The summed E-state index contributed by atoms with van der Waals surface area (Å²) in [6.07, 6.45) is 0. The molecule has 1 atom stereocenters. The van der Waals surface area contributed by atoms with Crippen molar-refractivity contribution in [2.75, 3.05) is 32.8 Å². The van der Waals surface area contributed by atoms with E-state index >= 15 is 0 Å². The van der Waals surface area contributed by atoms with Gasteiger partial charge in [0, 0.05) is 23.1 Å². The molecule has 1 heterocycles. The number of likely N-dealkylation sites (N-methyl/N-ethyl adjacent to an activating group) is 1. The molecule has 0 bridgehead atoms. The fourth-order valence-corrected chi connectivity index (χ4v) is 4.43. The first-order valence-corrected chi connectivity index (χ1v) is 12.1. The lowest BCUT2D eigenvalue weighted by atomic mass is 9.95. The number of aliphatic hydroxyl groups is 1. The maximum Gasteiger partial charge on any atom is 0.295 e. The van der Waals surface area contributed by atoms with E-state index in [-0.39, 0.29) is 11.3 Å². The lowest BCUT2D eigenvalue weighted by molar-refractivity contribution is -0.140. The van der Waals surface area contributed by atoms with Crippen molar-refractivity contribution in [1.29, 1.82) is 0 Å². The molecule has 2 aromatic carbocycles. The van der Waals surface area contributed by atoms with E-state index in [2.05, 4.69) is 34.7 Å². The summed E-state index contributed by atoms with van der Waals surface area (Å²) >= 11 is 3.44. The molecule has 0 radical (unpaired) electrons. The number of benzene rings is 2. The van der Waals surface area contributed by atoms with Crippen LogP contribution in [0.25, 0.3) is 5.76 Å². The third kappa shape index (κ3) is 5.31. The van der Waals surface area contributed by atoms with E-state index in [0.717, 1.165) is 34.4 Å². The molecule has 33 heavy (non-hydrogen) atoms. The third-order valence-corrected chi connectivity index (χ3v) is 6.55. The summed E-state index contributed by atoms with van der Waals surface area (Å²) in [5, 5.41) is 11.2. The van der Waals surface area contributed by atoms with Crippen LogP contribution in [0, 0.1) is 6.92 Å². The molecule has 0 aliphatic carbocycles. The molecule has 2 aromatic rings. The predicted octanol–water partition coefficient (Wildman–Crippen LogP) is 4.92. The minimum atomic E-state index is -0.661. The van der Waals surface area contributed by atoms with Crippen molar-refractivity contribution in [3.05, 3.63) is 69.2 Å². The lowest BCUT2D eigenvalue weighted by Crippen LogP contribution is -2.38. The maximum atomic E-state index is 13.2. The topological polar surface area (TPSA) is 70.1 Å². The summed E-state index contributed by atoms with van der Waals surface area (Å²) in [7, 11) is 0. The highest BCUT2D eigenvalue weighted by Gasteiger charge is 2.45. The van der Waals surface area contributed by atoms with E-state index in [0.29, 0.717) is 25.3 Å². The highest BCUT2D eigenvalue weighted by Crippen LogP contribution is 2.40. The smallest absolute Gasteiger partial charge is 0.295 e. The molecule has 1 saturated heterocycles. The van der Waals surface area contributed by atoms with Crippen LogP contribution in [0.3, 0.4) is 0 Å². The van der Waals surface area contributed by atoms with Gasteiger partial charge in [-0.05, 0) is 68.4 Å². The van der Waals surface area contributed by atoms with Crippen molar-refractivity contribution in [3.8, 4) is 5.75 Å². The van der Waals surface area contributed by atoms with Crippen LogP contribution in [-0.4, -0.2) is 59.4 Å². The van der Waals surface area contributed by atoms with E-state index in [1.807, 2.05) is 38.1 Å². The first kappa shape index (κ1) is 25.0. The quantitative estimate of drug-likeness (QED) is 0.292. The Bertz CT molecular complexity index is 1040. The monoisotopic (exact) mass is 514 g/mol. The number of nitrogens with zero attached hydrogens (tertiary/aromatic N) is 2. The fourth-order valence-electron chi connectivity index (χ4n) is 4.16. The van der Waals surface area contributed by atoms with Gasteiger partial charge < -0.3 is 19.6 Å². The van der Waals surface area contributed by atoms with Crippen molar-refractivity contribution < 1.29 is 19.4 Å². The number of amides is 1. The first-order chi connectivity index (χ1) is 15.8. The number of likely N-dealkylation sites (tertiary alicyclic amines) is 1. The molecule has 1 unspecified atom stereocenters. The Morgan fingerprint density at radius 2 is 1.76 bits per heavy atom. The van der Waals surface area contributed by atoms with Crippen LogP contribution >= 0.6 is 15.9 Å². The van der Waals surface area contributed by atoms with Crippen LogP contribution in [0.2, 0.25) is 0 Å². The number of Topliss-reactive ketones (excluding diaryl/α,β-unsaturated/α-hetero) is 1. The number of halogens is 1. The molecule has 7 heteroatoms. The molecular formula is C26H31BrN2O4. The Morgan fingerprint density at radius 3 is 2.33 bits per heavy atom. The Morgan fingerprint density at radius 1 is 1.09 bits per heavy atom. The first-order valence-electron chi connectivity index (χ1n) is 11.3. The average Bonchev–Trinajstić information content (AvgIpc) is 3.06. The van der Waals surface area contributed by atoms with Crippen LogP contribution in [0.4, 0.5) is 0 Å². The van der Waals surface area contributed by atoms with Gasteiger partial charge in [-0.1, -0.05) is 41.9 Å². The second kappa shape index (κ2) is 11.0. The summed E-state index contributed by atoms with van der Waals surface area (Å²) in [5.74, 6) is -0.693. The molecule has 176 valence electrons. The molecule has 1 amide bonds. The number of hydrogen-bond acceptors (Lipinski definition) is 5. The van der Waals surface area contributed by atoms with Gasteiger partial charge in [-0.2, -0.15) is 0 Å². The number of aryl methyl sites for hydroxylation is 1. The van der Waals surface area contributed by atoms with Gasteiger partial charge in [0.15, 0.2) is 0 Å². The predicted molar refractivity (Wildman–Crippen MR) is 133 cm³/mol. The SMILES string of the molecule is CCOc1ccc(/C(O)=C2/C(=O)C(=O)N(CCN(CC)CC)C2c2ccc(Br)cc2)cc1C. The molecule has 0 aromatic heterocycles. The lowest BCUT2D eigenvalue weighted by Gasteiger charge is -2.28. The van der Waals surface area contributed by atoms with Gasteiger partial charge in [-0.15, -0.1) is 0 Å². The third-order valence-electron chi connectivity index (χ3n) is 6.03. The molecule has 1 aliphatic rings. The van der Waals surface area contributed by atoms with Crippen LogP contribution < -0.4 is 4.74 Å². The zero-order valence-electron chi connectivity index (χ0n) is 19.6. The normalized spacial score (nSPS) is 17.8. The number of carbonyl (C=O) groups is 2. The van der Waals surface area contributed by atoms with Gasteiger partial charge in [0.25, 0.3) is 11.7 Å². The fraction of sp³-hybridized carbons (Fsp3) is 0.385. The number of rotatable bonds is 9. The second-order valence-corrected chi connectivity index (χ2v) is 8.90. The van der Waals surface area contributed by atoms with Crippen molar-refractivity contribution in [1.82, 2.24) is 9.80 Å². The van der Waals surface area contributed by atoms with Crippen LogP contribution in [0.5, 0.6) is 5.75 Å². The molecule has 1 N–H and O–H groups in total. The molecule has 3 rings (SSSR count). The zero-order valence-corrected chi connectivity index (χ0v) is 21.2. The Kier molecular flexibility index (Phi) is 8.32. The minimum Gasteiger partial charge on any atom is -0.507 e. The molecule has 6 nitrogen and oxygen atoms in total. The summed E-state index contributed by atoms with van der Waals surface area (Å²) in [5.41, 5.74) is 2.23. The van der Waals surface area contributed by atoms with Crippen LogP contribution in [0.15, 0.2) is 52.5 Å². The molecule has 0 spiro atoms. The van der Waals surface area contributed by atoms with Gasteiger partial charge in [0.05, 0.1) is 18.2 Å². The van der Waals surface area contributed by atoms with E-state index in [9.17, 15) is 14.7 Å². The van der Waals surface area contributed by atoms with Gasteiger partial charge in [0.1, 0.15) is 11.5 Å². The Hall–Kier alpha value is -2.64. The molecule has 0 saturated carbocycles. The van der Waals surface area contributed by atoms with Gasteiger partial charge in [-0.25, -0.2) is 0 Å². The summed E-state index contributed by atoms with van der Waals surface area (Å²) < 4.78 is 6.49. The molecule has 1 aliphatic heterocycles. The minimum absolute atomic E-state index is 0.116. The Labute approximate surface area is 204 Å². The molecular weight excluding hydrogens is 484 g/mol. The highest BCUT2D eigenvalue weighted by molar-refractivity contribution is 9.10. The maximum absolute atomic E-state index is 13.2. The van der Waals surface area contributed by atoms with E-state index in [1.165, 1.54) is 0 Å². The largest absolute Gasteiger partial charge is 0.507 e. The molecule has 1 fully saturated rings. The summed E-state index contributed by atoms with van der Waals surface area (Å²) in [4.78, 5) is 30.0. The number of hydrogen-bond donors (Lipinski definition) is 1. The summed E-state index contributed by atoms with van der Waals surface area (Å²) in [6, 6.07) is 12.1. The van der Waals surface area contributed by atoms with Crippen LogP contribution in [0.1, 0.15) is 43.5 Å². The van der Waals surface area contributed by atoms with Gasteiger partial charge in [-0.3, -0.25) is 9.59 Å². The number of ketones is 1. The van der Waals surface area contributed by atoms with Crippen molar-refractivity contribution in [2.24, 2.45) is 0 Å². The van der Waals surface area contributed by atoms with Crippen molar-refractivity contribution >= 4 is 33.4 Å². The van der Waals surface area contributed by atoms with Gasteiger partial charge in [0.2, 0.25) is 0 Å².